The Morgan fingerprint density at radius 1 is 0.806 bits per heavy atom. The van der Waals surface area contributed by atoms with Crippen LogP contribution in [-0.2, 0) is 10.0 Å². The van der Waals surface area contributed by atoms with Crippen molar-refractivity contribution in [1.29, 1.82) is 0 Å². The minimum atomic E-state index is -3.85. The summed E-state index contributed by atoms with van der Waals surface area (Å²) in [6.07, 6.45) is 6.31. The molecular formula is C29H32ClFN2O2S. The zero-order valence-corrected chi connectivity index (χ0v) is 21.8. The van der Waals surface area contributed by atoms with E-state index in [4.69, 9.17) is 11.6 Å². The summed E-state index contributed by atoms with van der Waals surface area (Å²) in [5.41, 5.74) is 1.90. The number of sulfonamides is 1. The molecule has 4 nitrogen and oxygen atoms in total. The maximum absolute atomic E-state index is 13.8. The summed E-state index contributed by atoms with van der Waals surface area (Å²) in [6.45, 7) is 1.68. The largest absolute Gasteiger partial charge is 0.300 e. The Kier molecular flexibility index (Phi) is 7.65. The molecule has 0 bridgehead atoms. The van der Waals surface area contributed by atoms with E-state index < -0.39 is 10.0 Å². The summed E-state index contributed by atoms with van der Waals surface area (Å²) in [7, 11) is -3.85. The van der Waals surface area contributed by atoms with E-state index in [0.717, 1.165) is 25.9 Å². The molecule has 3 aromatic rings. The molecule has 1 heterocycles. The lowest BCUT2D eigenvalue weighted by atomic mass is 9.78. The molecule has 3 aromatic carbocycles. The van der Waals surface area contributed by atoms with E-state index in [1.165, 1.54) is 59.8 Å². The summed E-state index contributed by atoms with van der Waals surface area (Å²) in [5, 5.41) is 0.482. The topological polar surface area (TPSA) is 40.6 Å². The number of piperidine rings is 1. The summed E-state index contributed by atoms with van der Waals surface area (Å²) in [4.78, 5) is 2.76. The molecule has 1 saturated carbocycles. The fraction of sp³-hybridized carbons (Fsp3) is 0.379. The van der Waals surface area contributed by atoms with Crippen LogP contribution < -0.4 is 4.31 Å². The average molecular weight is 527 g/mol. The zero-order chi connectivity index (χ0) is 25.1. The number of halogens is 2. The van der Waals surface area contributed by atoms with Gasteiger partial charge < -0.3 is 0 Å². The smallest absolute Gasteiger partial charge is 0.264 e. The Labute approximate surface area is 218 Å². The highest BCUT2D eigenvalue weighted by Crippen LogP contribution is 2.38. The number of nitrogens with zero attached hydrogens (tertiary/aromatic N) is 2. The SMILES string of the molecule is O=S(=O)(c1ccc(Cl)cc1)N(c1ccc(F)cc1)C1CCN(C2CCCCC2c2ccccc2)CC1. The van der Waals surface area contributed by atoms with Gasteiger partial charge in [0.1, 0.15) is 5.82 Å². The molecule has 2 atom stereocenters. The predicted molar refractivity (Wildman–Crippen MR) is 144 cm³/mol. The first-order valence-electron chi connectivity index (χ1n) is 12.8. The van der Waals surface area contributed by atoms with Crippen LogP contribution in [0.15, 0.2) is 83.8 Å². The van der Waals surface area contributed by atoms with E-state index in [2.05, 4.69) is 35.2 Å². The van der Waals surface area contributed by atoms with Crippen molar-refractivity contribution in [3.8, 4) is 0 Å². The Bertz CT molecular complexity index is 1240. The monoisotopic (exact) mass is 526 g/mol. The molecule has 0 spiro atoms. The lowest BCUT2D eigenvalue weighted by molar-refractivity contribution is 0.107. The Hall–Kier alpha value is -2.41. The van der Waals surface area contributed by atoms with Crippen molar-refractivity contribution in [2.24, 2.45) is 0 Å². The van der Waals surface area contributed by atoms with Gasteiger partial charge in [0, 0.05) is 30.2 Å². The lowest BCUT2D eigenvalue weighted by Crippen LogP contribution is -2.51. The molecule has 1 aliphatic carbocycles. The van der Waals surface area contributed by atoms with Crippen LogP contribution in [0.2, 0.25) is 5.02 Å². The molecule has 0 radical (unpaired) electrons. The molecule has 2 aliphatic rings. The van der Waals surface area contributed by atoms with Crippen LogP contribution in [0.4, 0.5) is 10.1 Å². The van der Waals surface area contributed by atoms with E-state index in [9.17, 15) is 12.8 Å². The molecule has 0 amide bonds. The molecule has 0 N–H and O–H groups in total. The lowest BCUT2D eigenvalue weighted by Gasteiger charge is -2.45. The van der Waals surface area contributed by atoms with E-state index in [0.29, 0.717) is 22.7 Å². The van der Waals surface area contributed by atoms with Crippen molar-refractivity contribution in [1.82, 2.24) is 4.90 Å². The number of likely N-dealkylation sites (tertiary alicyclic amines) is 1. The highest BCUT2D eigenvalue weighted by Gasteiger charge is 2.38. The summed E-state index contributed by atoms with van der Waals surface area (Å²) in [6, 6.07) is 23.1. The van der Waals surface area contributed by atoms with Gasteiger partial charge in [-0.05, 0) is 85.7 Å². The number of anilines is 1. The van der Waals surface area contributed by atoms with Crippen molar-refractivity contribution < 1.29 is 12.8 Å². The van der Waals surface area contributed by atoms with Crippen molar-refractivity contribution in [3.05, 3.63) is 95.3 Å². The van der Waals surface area contributed by atoms with Gasteiger partial charge in [-0.15, -0.1) is 0 Å². The first kappa shape index (κ1) is 25.2. The van der Waals surface area contributed by atoms with Crippen molar-refractivity contribution in [2.45, 2.75) is 61.4 Å². The van der Waals surface area contributed by atoms with E-state index in [1.807, 2.05) is 0 Å². The number of benzene rings is 3. The van der Waals surface area contributed by atoms with Crippen LogP contribution in [0.5, 0.6) is 0 Å². The highest BCUT2D eigenvalue weighted by molar-refractivity contribution is 7.92. The zero-order valence-electron chi connectivity index (χ0n) is 20.3. The predicted octanol–water partition coefficient (Wildman–Crippen LogP) is 6.87. The molecule has 1 saturated heterocycles. The number of hydrogen-bond donors (Lipinski definition) is 0. The summed E-state index contributed by atoms with van der Waals surface area (Å²) >= 11 is 6.01. The molecule has 2 unspecified atom stereocenters. The molecule has 36 heavy (non-hydrogen) atoms. The molecule has 7 heteroatoms. The molecule has 2 fully saturated rings. The van der Waals surface area contributed by atoms with Crippen molar-refractivity contribution >= 4 is 27.3 Å². The first-order valence-corrected chi connectivity index (χ1v) is 14.6. The van der Waals surface area contributed by atoms with E-state index >= 15 is 0 Å². The van der Waals surface area contributed by atoms with Crippen LogP contribution in [0.1, 0.15) is 50.0 Å². The first-order chi connectivity index (χ1) is 17.4. The maximum atomic E-state index is 13.8. The van der Waals surface area contributed by atoms with E-state index in [-0.39, 0.29) is 16.8 Å². The average Bonchev–Trinajstić information content (AvgIpc) is 2.91. The van der Waals surface area contributed by atoms with Gasteiger partial charge in [-0.25, -0.2) is 12.8 Å². The van der Waals surface area contributed by atoms with Gasteiger partial charge >= 0.3 is 0 Å². The molecule has 0 aromatic heterocycles. The van der Waals surface area contributed by atoms with Crippen LogP contribution >= 0.6 is 11.6 Å². The minimum absolute atomic E-state index is 0.190. The van der Waals surface area contributed by atoms with Crippen LogP contribution in [0.25, 0.3) is 0 Å². The van der Waals surface area contributed by atoms with Crippen LogP contribution in [-0.4, -0.2) is 38.5 Å². The summed E-state index contributed by atoms with van der Waals surface area (Å²) in [5.74, 6) is 0.129. The third-order valence-electron chi connectivity index (χ3n) is 7.71. The van der Waals surface area contributed by atoms with Gasteiger partial charge in [0.25, 0.3) is 10.0 Å². The maximum Gasteiger partial charge on any atom is 0.264 e. The van der Waals surface area contributed by atoms with Gasteiger partial charge in [0.2, 0.25) is 0 Å². The third kappa shape index (κ3) is 5.31. The quantitative estimate of drug-likeness (QED) is 0.352. The fourth-order valence-electron chi connectivity index (χ4n) is 5.94. The molecular weight excluding hydrogens is 495 g/mol. The van der Waals surface area contributed by atoms with Gasteiger partial charge in [-0.3, -0.25) is 9.21 Å². The number of hydrogen-bond acceptors (Lipinski definition) is 3. The second-order valence-corrected chi connectivity index (χ2v) is 12.1. The third-order valence-corrected chi connectivity index (χ3v) is 9.86. The van der Waals surface area contributed by atoms with Gasteiger partial charge in [0.15, 0.2) is 0 Å². The highest BCUT2D eigenvalue weighted by atomic mass is 35.5. The van der Waals surface area contributed by atoms with Crippen molar-refractivity contribution in [3.63, 3.8) is 0 Å². The number of rotatable bonds is 6. The van der Waals surface area contributed by atoms with Crippen LogP contribution in [0, 0.1) is 5.82 Å². The van der Waals surface area contributed by atoms with Gasteiger partial charge in [-0.2, -0.15) is 0 Å². The van der Waals surface area contributed by atoms with Crippen molar-refractivity contribution in [2.75, 3.05) is 17.4 Å². The Morgan fingerprint density at radius 3 is 2.11 bits per heavy atom. The van der Waals surface area contributed by atoms with Gasteiger partial charge in [0.05, 0.1) is 10.6 Å². The fourth-order valence-corrected chi connectivity index (χ4v) is 7.78. The summed E-state index contributed by atoms with van der Waals surface area (Å²) < 4.78 is 42.9. The van der Waals surface area contributed by atoms with E-state index in [1.54, 1.807) is 24.3 Å². The molecule has 5 rings (SSSR count). The Morgan fingerprint density at radius 2 is 1.44 bits per heavy atom. The standard InChI is InChI=1S/C29H32ClFN2O2S/c30-23-10-16-27(17-11-23)36(34,35)33(25-14-12-24(31)13-15-25)26-18-20-32(21-19-26)29-9-5-4-8-28(29)22-6-2-1-3-7-22/h1-3,6-7,10-17,26,28-29H,4-5,8-9,18-21H2. The molecule has 190 valence electrons. The second-order valence-electron chi connectivity index (χ2n) is 9.87. The van der Waals surface area contributed by atoms with Crippen LogP contribution in [0.3, 0.4) is 0 Å². The van der Waals surface area contributed by atoms with Gasteiger partial charge in [-0.1, -0.05) is 54.8 Å². The minimum Gasteiger partial charge on any atom is -0.300 e. The Balaban J connectivity index is 1.39. The normalized spacial score (nSPS) is 21.8. The molecule has 1 aliphatic heterocycles. The second kappa shape index (κ2) is 10.9.